The lowest BCUT2D eigenvalue weighted by Gasteiger charge is -2.31. The molecule has 1 fully saturated rings. The number of ether oxygens (including phenoxy) is 1. The number of nitrogens with zero attached hydrogens (tertiary/aromatic N) is 1. The lowest BCUT2D eigenvalue weighted by atomic mass is 9.96. The molecule has 0 aliphatic carbocycles. The predicted octanol–water partition coefficient (Wildman–Crippen LogP) is 3.28. The zero-order valence-corrected chi connectivity index (χ0v) is 17.9. The average Bonchev–Trinajstić information content (AvgIpc) is 2.74. The van der Waals surface area contributed by atoms with Gasteiger partial charge in [0.15, 0.2) is 0 Å². The van der Waals surface area contributed by atoms with Crippen LogP contribution in [0, 0.1) is 12.8 Å². The van der Waals surface area contributed by atoms with Gasteiger partial charge in [0.1, 0.15) is 5.75 Å². The maximum absolute atomic E-state index is 12.8. The number of methoxy groups -OCH3 is 1. The number of para-hydroxylation sites is 1. The van der Waals surface area contributed by atoms with Crippen molar-refractivity contribution >= 4 is 15.9 Å². The van der Waals surface area contributed by atoms with Gasteiger partial charge in [0.25, 0.3) is 0 Å². The highest BCUT2D eigenvalue weighted by Gasteiger charge is 2.32. The first-order chi connectivity index (χ1) is 13.8. The summed E-state index contributed by atoms with van der Waals surface area (Å²) in [6, 6.07) is 14.3. The van der Waals surface area contributed by atoms with E-state index >= 15 is 0 Å². The van der Waals surface area contributed by atoms with Crippen LogP contribution in [0.5, 0.6) is 5.75 Å². The highest BCUT2D eigenvalue weighted by Crippen LogP contribution is 2.27. The summed E-state index contributed by atoms with van der Waals surface area (Å²) in [4.78, 5) is 13.0. The van der Waals surface area contributed by atoms with E-state index < -0.39 is 10.0 Å². The van der Waals surface area contributed by atoms with E-state index in [1.807, 2.05) is 38.1 Å². The minimum absolute atomic E-state index is 0.0456. The summed E-state index contributed by atoms with van der Waals surface area (Å²) in [6.07, 6.45) is 1.02. The van der Waals surface area contributed by atoms with Gasteiger partial charge in [0, 0.05) is 24.6 Å². The summed E-state index contributed by atoms with van der Waals surface area (Å²) in [7, 11) is -1.91. The Balaban J connectivity index is 1.60. The van der Waals surface area contributed by atoms with E-state index in [4.69, 9.17) is 4.74 Å². The van der Waals surface area contributed by atoms with E-state index in [2.05, 4.69) is 5.32 Å². The Hall–Kier alpha value is -2.38. The number of sulfonamides is 1. The van der Waals surface area contributed by atoms with Crippen LogP contribution in [0.2, 0.25) is 0 Å². The fourth-order valence-electron chi connectivity index (χ4n) is 3.65. The van der Waals surface area contributed by atoms with Crippen molar-refractivity contribution < 1.29 is 17.9 Å². The van der Waals surface area contributed by atoms with Gasteiger partial charge in [-0.2, -0.15) is 4.31 Å². The zero-order valence-electron chi connectivity index (χ0n) is 17.1. The molecule has 0 aromatic heterocycles. The number of piperidine rings is 1. The smallest absolute Gasteiger partial charge is 0.243 e. The minimum atomic E-state index is -3.52. The molecule has 3 rings (SSSR count). The molecule has 156 valence electrons. The fourth-order valence-corrected chi connectivity index (χ4v) is 5.12. The van der Waals surface area contributed by atoms with E-state index in [9.17, 15) is 13.2 Å². The Bertz CT molecular complexity index is 949. The molecule has 0 saturated carbocycles. The SMILES string of the molecule is COc1ccccc1C(C)NC(=O)C1CCN(S(=O)(=O)c2ccc(C)cc2)CC1. The molecule has 0 spiro atoms. The highest BCUT2D eigenvalue weighted by molar-refractivity contribution is 7.89. The number of carbonyl (C=O) groups excluding carboxylic acids is 1. The molecular weight excluding hydrogens is 388 g/mol. The van der Waals surface area contributed by atoms with Crippen molar-refractivity contribution in [2.75, 3.05) is 20.2 Å². The lowest BCUT2D eigenvalue weighted by molar-refractivity contribution is -0.126. The molecule has 2 aromatic carbocycles. The van der Waals surface area contributed by atoms with Crippen LogP contribution in [0.25, 0.3) is 0 Å². The summed E-state index contributed by atoms with van der Waals surface area (Å²) in [5.74, 6) is 0.492. The second kappa shape index (κ2) is 8.97. The van der Waals surface area contributed by atoms with Gasteiger partial charge in [-0.25, -0.2) is 8.42 Å². The second-order valence-corrected chi connectivity index (χ2v) is 9.40. The van der Waals surface area contributed by atoms with E-state index in [1.165, 1.54) is 4.31 Å². The van der Waals surface area contributed by atoms with Crippen LogP contribution in [0.1, 0.15) is 36.9 Å². The summed E-state index contributed by atoms with van der Waals surface area (Å²) >= 11 is 0. The van der Waals surface area contributed by atoms with E-state index in [0.717, 1.165) is 16.9 Å². The van der Waals surface area contributed by atoms with E-state index in [-0.39, 0.29) is 17.9 Å². The quantitative estimate of drug-likeness (QED) is 0.784. The first kappa shape index (κ1) is 21.3. The van der Waals surface area contributed by atoms with E-state index in [0.29, 0.717) is 30.8 Å². The monoisotopic (exact) mass is 416 g/mol. The minimum Gasteiger partial charge on any atom is -0.496 e. The first-order valence-corrected chi connectivity index (χ1v) is 11.3. The number of carbonyl (C=O) groups is 1. The van der Waals surface area contributed by atoms with Gasteiger partial charge in [0.2, 0.25) is 15.9 Å². The van der Waals surface area contributed by atoms with Gasteiger partial charge in [-0.1, -0.05) is 35.9 Å². The molecule has 29 heavy (non-hydrogen) atoms. The van der Waals surface area contributed by atoms with Gasteiger partial charge >= 0.3 is 0 Å². The molecule has 1 saturated heterocycles. The molecular formula is C22H28N2O4S. The topological polar surface area (TPSA) is 75.7 Å². The lowest BCUT2D eigenvalue weighted by Crippen LogP contribution is -2.43. The number of aryl methyl sites for hydroxylation is 1. The number of amides is 1. The Labute approximate surface area is 172 Å². The van der Waals surface area contributed by atoms with Crippen LogP contribution in [-0.4, -0.2) is 38.8 Å². The number of nitrogens with one attached hydrogen (secondary N) is 1. The van der Waals surface area contributed by atoms with Gasteiger partial charge < -0.3 is 10.1 Å². The Morgan fingerprint density at radius 2 is 1.72 bits per heavy atom. The molecule has 6 nitrogen and oxygen atoms in total. The summed E-state index contributed by atoms with van der Waals surface area (Å²) in [5, 5.41) is 3.05. The molecule has 2 aromatic rings. The largest absolute Gasteiger partial charge is 0.496 e. The van der Waals surface area contributed by atoms with Crippen LogP contribution >= 0.6 is 0 Å². The third-order valence-electron chi connectivity index (χ3n) is 5.45. The Morgan fingerprint density at radius 3 is 2.34 bits per heavy atom. The Kier molecular flexibility index (Phi) is 6.59. The first-order valence-electron chi connectivity index (χ1n) is 9.83. The summed E-state index contributed by atoms with van der Waals surface area (Å²) < 4.78 is 32.5. The summed E-state index contributed by atoms with van der Waals surface area (Å²) in [6.45, 7) is 4.54. The van der Waals surface area contributed by atoms with Crippen molar-refractivity contribution in [2.45, 2.75) is 37.6 Å². The number of rotatable bonds is 6. The van der Waals surface area contributed by atoms with Crippen molar-refractivity contribution in [1.29, 1.82) is 0 Å². The zero-order chi connectivity index (χ0) is 21.0. The molecule has 0 radical (unpaired) electrons. The van der Waals surface area contributed by atoms with Gasteiger partial charge in [-0.05, 0) is 44.9 Å². The Morgan fingerprint density at radius 1 is 1.10 bits per heavy atom. The van der Waals surface area contributed by atoms with Crippen LogP contribution < -0.4 is 10.1 Å². The molecule has 1 aliphatic heterocycles. The normalized spacial score (nSPS) is 16.9. The van der Waals surface area contributed by atoms with E-state index in [1.54, 1.807) is 31.4 Å². The fraction of sp³-hybridized carbons (Fsp3) is 0.409. The predicted molar refractivity (Wildman–Crippen MR) is 112 cm³/mol. The number of hydrogen-bond acceptors (Lipinski definition) is 4. The molecule has 0 bridgehead atoms. The molecule has 1 amide bonds. The van der Waals surface area contributed by atoms with Crippen molar-refractivity contribution in [2.24, 2.45) is 5.92 Å². The van der Waals surface area contributed by atoms with Gasteiger partial charge in [0.05, 0.1) is 18.0 Å². The van der Waals surface area contributed by atoms with Crippen LogP contribution in [-0.2, 0) is 14.8 Å². The van der Waals surface area contributed by atoms with Crippen LogP contribution in [0.4, 0.5) is 0 Å². The highest BCUT2D eigenvalue weighted by atomic mass is 32.2. The molecule has 1 unspecified atom stereocenters. The third kappa shape index (κ3) is 4.79. The third-order valence-corrected chi connectivity index (χ3v) is 7.36. The molecule has 1 aliphatic rings. The van der Waals surface area contributed by atoms with Crippen LogP contribution in [0.3, 0.4) is 0 Å². The average molecular weight is 417 g/mol. The maximum atomic E-state index is 12.8. The molecule has 7 heteroatoms. The maximum Gasteiger partial charge on any atom is 0.243 e. The van der Waals surface area contributed by atoms with Crippen molar-refractivity contribution in [3.63, 3.8) is 0 Å². The molecule has 1 atom stereocenters. The van der Waals surface area contributed by atoms with Gasteiger partial charge in [-0.3, -0.25) is 4.79 Å². The molecule has 1 N–H and O–H groups in total. The van der Waals surface area contributed by atoms with Gasteiger partial charge in [-0.15, -0.1) is 0 Å². The second-order valence-electron chi connectivity index (χ2n) is 7.46. The number of benzene rings is 2. The van der Waals surface area contributed by atoms with Crippen molar-refractivity contribution in [3.8, 4) is 5.75 Å². The summed E-state index contributed by atoms with van der Waals surface area (Å²) in [5.41, 5.74) is 1.94. The van der Waals surface area contributed by atoms with Crippen LogP contribution in [0.15, 0.2) is 53.4 Å². The standard InChI is InChI=1S/C22H28N2O4S/c1-16-8-10-19(11-9-16)29(26,27)24-14-12-18(13-15-24)22(25)23-17(2)20-6-4-5-7-21(20)28-3/h4-11,17-18H,12-15H2,1-3H3,(H,23,25). The van der Waals surface area contributed by atoms with Crippen molar-refractivity contribution in [3.05, 3.63) is 59.7 Å². The number of hydrogen-bond donors (Lipinski definition) is 1. The van der Waals surface area contributed by atoms with Crippen molar-refractivity contribution in [1.82, 2.24) is 9.62 Å². The molecule has 1 heterocycles.